The number of aliphatic hydroxyl groups is 1. The van der Waals surface area contributed by atoms with E-state index in [2.05, 4.69) is 6.58 Å². The van der Waals surface area contributed by atoms with Crippen LogP contribution in [0, 0.1) is 0 Å². The molecule has 0 atom stereocenters. The molecule has 0 bridgehead atoms. The van der Waals surface area contributed by atoms with E-state index in [9.17, 15) is 0 Å². The molecule has 0 radical (unpaired) electrons. The summed E-state index contributed by atoms with van der Waals surface area (Å²) in [6.45, 7) is 9.59. The summed E-state index contributed by atoms with van der Waals surface area (Å²) in [6.07, 6.45) is 0.618. The van der Waals surface area contributed by atoms with Crippen LogP contribution in [-0.4, -0.2) is 41.9 Å². The van der Waals surface area contributed by atoms with Gasteiger partial charge in [-0.15, -0.1) is 0 Å². The minimum Gasteiger partial charge on any atom is -0.390 e. The summed E-state index contributed by atoms with van der Waals surface area (Å²) in [4.78, 5) is 2.03. The van der Waals surface area contributed by atoms with Crippen LogP contribution in [0.1, 0.15) is 13.8 Å². The van der Waals surface area contributed by atoms with Crippen LogP contribution >= 0.6 is 0 Å². The second-order valence-electron chi connectivity index (χ2n) is 3.44. The molecule has 0 amide bonds. The zero-order valence-corrected chi connectivity index (χ0v) is 7.79. The summed E-state index contributed by atoms with van der Waals surface area (Å²) in [5, 5.41) is 8.76. The quantitative estimate of drug-likeness (QED) is 0.672. The van der Waals surface area contributed by atoms with Crippen molar-refractivity contribution in [3.05, 3.63) is 12.3 Å². The van der Waals surface area contributed by atoms with Crippen molar-refractivity contribution in [3.63, 3.8) is 0 Å². The van der Waals surface area contributed by atoms with Crippen molar-refractivity contribution in [2.24, 2.45) is 0 Å². The summed E-state index contributed by atoms with van der Waals surface area (Å²) in [5.74, 6) is 0. The van der Waals surface area contributed by atoms with Crippen molar-refractivity contribution < 1.29 is 9.84 Å². The first-order chi connectivity index (χ1) is 5.63. The van der Waals surface area contributed by atoms with Gasteiger partial charge in [0.15, 0.2) is 0 Å². The highest BCUT2D eigenvalue weighted by Gasteiger charge is 2.28. The van der Waals surface area contributed by atoms with E-state index in [1.165, 1.54) is 0 Å². The molecule has 1 saturated heterocycles. The molecule has 0 aliphatic carbocycles. The molecule has 3 nitrogen and oxygen atoms in total. The number of rotatable bonds is 4. The molecule has 0 saturated carbocycles. The first kappa shape index (κ1) is 9.55. The van der Waals surface area contributed by atoms with Crippen molar-refractivity contribution in [1.29, 1.82) is 0 Å². The molecule has 12 heavy (non-hydrogen) atoms. The second kappa shape index (κ2) is 3.92. The van der Waals surface area contributed by atoms with Gasteiger partial charge in [0.05, 0.1) is 18.8 Å². The fourth-order valence-electron chi connectivity index (χ4n) is 1.27. The Kier molecular flexibility index (Phi) is 3.12. The van der Waals surface area contributed by atoms with Crippen LogP contribution in [0.3, 0.4) is 0 Å². The molecule has 0 spiro atoms. The fourth-order valence-corrected chi connectivity index (χ4v) is 1.27. The number of hydrogen-bond acceptors (Lipinski definition) is 3. The maximum atomic E-state index is 8.76. The average Bonchev–Trinajstić information content (AvgIpc) is 1.94. The lowest BCUT2D eigenvalue weighted by Gasteiger charge is -2.42. The maximum absolute atomic E-state index is 8.76. The van der Waals surface area contributed by atoms with Crippen molar-refractivity contribution in [2.75, 3.05) is 19.7 Å². The summed E-state index contributed by atoms with van der Waals surface area (Å²) >= 11 is 0. The molecule has 0 unspecified atom stereocenters. The third-order valence-corrected chi connectivity index (χ3v) is 1.94. The highest BCUT2D eigenvalue weighted by atomic mass is 16.5. The smallest absolute Gasteiger partial charge is 0.0927 e. The van der Waals surface area contributed by atoms with E-state index in [0.29, 0.717) is 12.2 Å². The zero-order valence-electron chi connectivity index (χ0n) is 7.79. The topological polar surface area (TPSA) is 32.7 Å². The molecule has 0 aromatic rings. The Balaban J connectivity index is 2.15. The van der Waals surface area contributed by atoms with Gasteiger partial charge in [0, 0.05) is 18.8 Å². The van der Waals surface area contributed by atoms with Crippen LogP contribution in [0.25, 0.3) is 0 Å². The van der Waals surface area contributed by atoms with Gasteiger partial charge in [-0.2, -0.15) is 0 Å². The van der Waals surface area contributed by atoms with Crippen LogP contribution in [0.2, 0.25) is 0 Å². The molecule has 0 aromatic carbocycles. The summed E-state index contributed by atoms with van der Waals surface area (Å²) in [5.41, 5.74) is 0.790. The number of ether oxygens (including phenoxy) is 1. The Morgan fingerprint density at radius 1 is 1.67 bits per heavy atom. The Morgan fingerprint density at radius 3 is 2.67 bits per heavy atom. The standard InChI is InChI=1S/C9H17NO2/c1-7(2)12-9-4-10(5-9)8(3)6-11/h7,9,11H,3-6H2,1-2H3. The van der Waals surface area contributed by atoms with Gasteiger partial charge >= 0.3 is 0 Å². The van der Waals surface area contributed by atoms with Crippen molar-refractivity contribution in [1.82, 2.24) is 4.90 Å². The fraction of sp³-hybridized carbons (Fsp3) is 0.778. The summed E-state index contributed by atoms with van der Waals surface area (Å²) in [7, 11) is 0. The molecule has 70 valence electrons. The van der Waals surface area contributed by atoms with E-state index in [4.69, 9.17) is 9.84 Å². The Bertz CT molecular complexity index is 162. The lowest BCUT2D eigenvalue weighted by molar-refractivity contribution is -0.0707. The van der Waals surface area contributed by atoms with Crippen LogP contribution in [-0.2, 0) is 4.74 Å². The molecule has 1 N–H and O–H groups in total. The van der Waals surface area contributed by atoms with Crippen molar-refractivity contribution in [2.45, 2.75) is 26.1 Å². The lowest BCUT2D eigenvalue weighted by Crippen LogP contribution is -2.52. The minimum atomic E-state index is 0.0500. The second-order valence-corrected chi connectivity index (χ2v) is 3.44. The average molecular weight is 171 g/mol. The lowest BCUT2D eigenvalue weighted by atomic mass is 10.1. The third-order valence-electron chi connectivity index (χ3n) is 1.94. The van der Waals surface area contributed by atoms with Crippen LogP contribution in [0.15, 0.2) is 12.3 Å². The molecule has 1 rings (SSSR count). The molecular weight excluding hydrogens is 154 g/mol. The van der Waals surface area contributed by atoms with E-state index < -0.39 is 0 Å². The number of aliphatic hydroxyl groups excluding tert-OH is 1. The SMILES string of the molecule is C=C(CO)N1CC(OC(C)C)C1. The van der Waals surface area contributed by atoms with E-state index >= 15 is 0 Å². The van der Waals surface area contributed by atoms with Gasteiger partial charge < -0.3 is 14.7 Å². The van der Waals surface area contributed by atoms with Crippen LogP contribution in [0.4, 0.5) is 0 Å². The highest BCUT2D eigenvalue weighted by molar-refractivity contribution is 5.01. The van der Waals surface area contributed by atoms with Gasteiger partial charge in [-0.3, -0.25) is 0 Å². The van der Waals surface area contributed by atoms with Gasteiger partial charge in [-0.05, 0) is 13.8 Å². The van der Waals surface area contributed by atoms with Gasteiger partial charge in [0.25, 0.3) is 0 Å². The monoisotopic (exact) mass is 171 g/mol. The third kappa shape index (κ3) is 2.22. The normalized spacial score (nSPS) is 18.2. The maximum Gasteiger partial charge on any atom is 0.0927 e. The predicted octanol–water partition coefficient (Wildman–Crippen LogP) is 0.602. The van der Waals surface area contributed by atoms with E-state index in [0.717, 1.165) is 18.8 Å². The van der Waals surface area contributed by atoms with Gasteiger partial charge in [-0.25, -0.2) is 0 Å². The number of likely N-dealkylation sites (tertiary alicyclic amines) is 1. The van der Waals surface area contributed by atoms with Crippen LogP contribution in [0.5, 0.6) is 0 Å². The molecule has 0 aromatic heterocycles. The van der Waals surface area contributed by atoms with Crippen LogP contribution < -0.4 is 0 Å². The summed E-state index contributed by atoms with van der Waals surface area (Å²) in [6, 6.07) is 0. The van der Waals surface area contributed by atoms with Crippen molar-refractivity contribution >= 4 is 0 Å². The van der Waals surface area contributed by atoms with E-state index in [1.54, 1.807) is 0 Å². The molecular formula is C9H17NO2. The minimum absolute atomic E-state index is 0.0500. The zero-order chi connectivity index (χ0) is 9.14. The van der Waals surface area contributed by atoms with Gasteiger partial charge in [0.1, 0.15) is 0 Å². The van der Waals surface area contributed by atoms with Gasteiger partial charge in [-0.1, -0.05) is 6.58 Å². The molecule has 1 aliphatic rings. The van der Waals surface area contributed by atoms with E-state index in [-0.39, 0.29) is 6.61 Å². The number of hydrogen-bond donors (Lipinski definition) is 1. The van der Waals surface area contributed by atoms with Gasteiger partial charge in [0.2, 0.25) is 0 Å². The molecule has 1 aliphatic heterocycles. The molecule has 1 heterocycles. The van der Waals surface area contributed by atoms with Crippen molar-refractivity contribution in [3.8, 4) is 0 Å². The highest BCUT2D eigenvalue weighted by Crippen LogP contribution is 2.17. The molecule has 1 fully saturated rings. The molecule has 3 heteroatoms. The Labute approximate surface area is 73.6 Å². The first-order valence-corrected chi connectivity index (χ1v) is 4.32. The Morgan fingerprint density at radius 2 is 2.25 bits per heavy atom. The predicted molar refractivity (Wildman–Crippen MR) is 47.8 cm³/mol. The largest absolute Gasteiger partial charge is 0.390 e. The van der Waals surface area contributed by atoms with E-state index in [1.807, 2.05) is 18.7 Å². The Hall–Kier alpha value is -0.540. The first-order valence-electron chi connectivity index (χ1n) is 4.32. The number of nitrogens with zero attached hydrogens (tertiary/aromatic N) is 1. The summed E-state index contributed by atoms with van der Waals surface area (Å²) < 4.78 is 5.55.